The highest BCUT2D eigenvalue weighted by atomic mass is 32.1. The molecular weight excluding hydrogens is 386 g/mol. The molecule has 0 aliphatic carbocycles. The molecule has 2 aromatic carbocycles. The fourth-order valence-corrected chi connectivity index (χ4v) is 3.06. The second kappa shape index (κ2) is 9.09. The van der Waals surface area contributed by atoms with Crippen molar-refractivity contribution in [2.45, 2.75) is 6.61 Å². The van der Waals surface area contributed by atoms with Crippen LogP contribution >= 0.6 is 11.3 Å². The number of ether oxygens (including phenoxy) is 2. The standard InChI is InChI=1S/C20H16F2N2O3S/c1-2-11-26-14-9-7-13(8-10-14)18(25)24-20-23-16(12-28-20)15-5-3-4-6-17(15)27-19(21)22/h2-10,12,19H,1,11H2,(H,23,24,25). The van der Waals surface area contributed by atoms with Gasteiger partial charge in [0.2, 0.25) is 0 Å². The van der Waals surface area contributed by atoms with E-state index in [4.69, 9.17) is 4.74 Å². The maximum absolute atomic E-state index is 12.6. The minimum absolute atomic E-state index is 0.0239. The first kappa shape index (κ1) is 19.5. The van der Waals surface area contributed by atoms with Crippen molar-refractivity contribution < 1.29 is 23.0 Å². The second-order valence-corrected chi connectivity index (χ2v) is 6.35. The fourth-order valence-electron chi connectivity index (χ4n) is 2.36. The van der Waals surface area contributed by atoms with E-state index in [-0.39, 0.29) is 11.7 Å². The Balaban J connectivity index is 1.71. The molecule has 5 nitrogen and oxygen atoms in total. The van der Waals surface area contributed by atoms with E-state index >= 15 is 0 Å². The number of benzene rings is 2. The first-order chi connectivity index (χ1) is 13.6. The van der Waals surface area contributed by atoms with Crippen molar-refractivity contribution in [1.82, 2.24) is 4.98 Å². The summed E-state index contributed by atoms with van der Waals surface area (Å²) in [4.78, 5) is 16.7. The molecule has 0 unspecified atom stereocenters. The molecule has 0 bridgehead atoms. The van der Waals surface area contributed by atoms with Gasteiger partial charge in [-0.05, 0) is 36.4 Å². The third kappa shape index (κ3) is 4.92. The van der Waals surface area contributed by atoms with E-state index in [0.29, 0.717) is 34.3 Å². The van der Waals surface area contributed by atoms with Crippen LogP contribution in [0.1, 0.15) is 10.4 Å². The van der Waals surface area contributed by atoms with Crippen LogP contribution in [0.2, 0.25) is 0 Å². The molecule has 0 radical (unpaired) electrons. The van der Waals surface area contributed by atoms with E-state index < -0.39 is 6.61 Å². The van der Waals surface area contributed by atoms with Gasteiger partial charge < -0.3 is 9.47 Å². The van der Waals surface area contributed by atoms with Gasteiger partial charge >= 0.3 is 6.61 Å². The van der Waals surface area contributed by atoms with Crippen LogP contribution in [0.3, 0.4) is 0 Å². The Kier molecular flexibility index (Phi) is 6.33. The smallest absolute Gasteiger partial charge is 0.387 e. The van der Waals surface area contributed by atoms with Crippen molar-refractivity contribution in [3.05, 3.63) is 72.1 Å². The summed E-state index contributed by atoms with van der Waals surface area (Å²) >= 11 is 1.19. The molecule has 1 N–H and O–H groups in total. The van der Waals surface area contributed by atoms with Gasteiger partial charge in [-0.3, -0.25) is 10.1 Å². The largest absolute Gasteiger partial charge is 0.490 e. The molecule has 0 aliphatic heterocycles. The Morgan fingerprint density at radius 3 is 2.68 bits per heavy atom. The van der Waals surface area contributed by atoms with Gasteiger partial charge in [-0.25, -0.2) is 4.98 Å². The molecule has 1 amide bonds. The van der Waals surface area contributed by atoms with Crippen molar-refractivity contribution in [1.29, 1.82) is 0 Å². The third-order valence-corrected chi connectivity index (χ3v) is 4.35. The first-order valence-corrected chi connectivity index (χ1v) is 9.09. The molecule has 0 atom stereocenters. The summed E-state index contributed by atoms with van der Waals surface area (Å²) in [7, 11) is 0. The van der Waals surface area contributed by atoms with Crippen molar-refractivity contribution >= 4 is 22.4 Å². The molecule has 3 aromatic rings. The van der Waals surface area contributed by atoms with Gasteiger partial charge in [0.15, 0.2) is 5.13 Å². The van der Waals surface area contributed by atoms with E-state index in [0.717, 1.165) is 0 Å². The number of anilines is 1. The summed E-state index contributed by atoms with van der Waals surface area (Å²) < 4.78 is 35.0. The molecule has 0 saturated carbocycles. The summed E-state index contributed by atoms with van der Waals surface area (Å²) in [6.07, 6.45) is 1.63. The lowest BCUT2D eigenvalue weighted by Crippen LogP contribution is -2.11. The van der Waals surface area contributed by atoms with Crippen LogP contribution in [0.4, 0.5) is 13.9 Å². The first-order valence-electron chi connectivity index (χ1n) is 8.21. The zero-order valence-electron chi connectivity index (χ0n) is 14.6. The molecule has 8 heteroatoms. The maximum Gasteiger partial charge on any atom is 0.387 e. The Labute approximate surface area is 164 Å². The number of thiazole rings is 1. The summed E-state index contributed by atoms with van der Waals surface area (Å²) in [5.74, 6) is 0.313. The number of para-hydroxylation sites is 1. The minimum Gasteiger partial charge on any atom is -0.490 e. The lowest BCUT2D eigenvalue weighted by atomic mass is 10.1. The van der Waals surface area contributed by atoms with Gasteiger partial charge in [-0.2, -0.15) is 8.78 Å². The molecule has 0 saturated heterocycles. The topological polar surface area (TPSA) is 60.5 Å². The SMILES string of the molecule is C=CCOc1ccc(C(=O)Nc2nc(-c3ccccc3OC(F)F)cs2)cc1. The quantitative estimate of drug-likeness (QED) is 0.524. The Bertz CT molecular complexity index is 958. The molecule has 144 valence electrons. The number of hydrogen-bond acceptors (Lipinski definition) is 5. The number of hydrogen-bond donors (Lipinski definition) is 1. The van der Waals surface area contributed by atoms with E-state index in [1.165, 1.54) is 17.4 Å². The third-order valence-electron chi connectivity index (χ3n) is 3.59. The summed E-state index contributed by atoms with van der Waals surface area (Å²) in [6, 6.07) is 13.0. The number of rotatable bonds is 8. The van der Waals surface area contributed by atoms with Crippen LogP contribution in [0.25, 0.3) is 11.3 Å². The Hall–Kier alpha value is -3.26. The number of carbonyl (C=O) groups excluding carboxylic acids is 1. The van der Waals surface area contributed by atoms with E-state index in [9.17, 15) is 13.6 Å². The van der Waals surface area contributed by atoms with E-state index in [2.05, 4.69) is 21.6 Å². The summed E-state index contributed by atoms with van der Waals surface area (Å²) in [6.45, 7) is 1.02. The molecule has 0 spiro atoms. The lowest BCUT2D eigenvalue weighted by Gasteiger charge is -2.08. The molecule has 1 heterocycles. The predicted molar refractivity (Wildman–Crippen MR) is 104 cm³/mol. The normalized spacial score (nSPS) is 10.5. The van der Waals surface area contributed by atoms with Crippen molar-refractivity contribution in [2.75, 3.05) is 11.9 Å². The molecule has 28 heavy (non-hydrogen) atoms. The van der Waals surface area contributed by atoms with Crippen LogP contribution in [0.5, 0.6) is 11.5 Å². The number of halogens is 2. The number of nitrogens with zero attached hydrogens (tertiary/aromatic N) is 1. The van der Waals surface area contributed by atoms with Crippen LogP contribution in [-0.2, 0) is 0 Å². The number of alkyl halides is 2. The summed E-state index contributed by atoms with van der Waals surface area (Å²) in [5.41, 5.74) is 1.29. The van der Waals surface area contributed by atoms with Crippen molar-refractivity contribution in [2.24, 2.45) is 0 Å². The van der Waals surface area contributed by atoms with Crippen molar-refractivity contribution in [3.63, 3.8) is 0 Å². The Morgan fingerprint density at radius 1 is 1.21 bits per heavy atom. The van der Waals surface area contributed by atoms with Gasteiger partial charge in [0.25, 0.3) is 5.91 Å². The summed E-state index contributed by atoms with van der Waals surface area (Å²) in [5, 5.41) is 4.70. The number of amides is 1. The fraction of sp³-hybridized carbons (Fsp3) is 0.100. The number of nitrogens with one attached hydrogen (secondary N) is 1. The van der Waals surface area contributed by atoms with Crippen LogP contribution < -0.4 is 14.8 Å². The molecule has 0 fully saturated rings. The molecule has 0 aliphatic rings. The highest BCUT2D eigenvalue weighted by Gasteiger charge is 2.15. The molecule has 3 rings (SSSR count). The van der Waals surface area contributed by atoms with E-state index in [1.54, 1.807) is 53.9 Å². The lowest BCUT2D eigenvalue weighted by molar-refractivity contribution is -0.0494. The average Bonchev–Trinajstić information content (AvgIpc) is 3.15. The predicted octanol–water partition coefficient (Wildman–Crippen LogP) is 5.23. The monoisotopic (exact) mass is 402 g/mol. The highest BCUT2D eigenvalue weighted by molar-refractivity contribution is 7.14. The van der Waals surface area contributed by atoms with E-state index in [1.807, 2.05) is 0 Å². The van der Waals surface area contributed by atoms with Gasteiger partial charge in [0.1, 0.15) is 18.1 Å². The number of carbonyl (C=O) groups is 1. The van der Waals surface area contributed by atoms with Gasteiger partial charge in [0, 0.05) is 16.5 Å². The van der Waals surface area contributed by atoms with Gasteiger partial charge in [-0.15, -0.1) is 11.3 Å². The highest BCUT2D eigenvalue weighted by Crippen LogP contribution is 2.33. The minimum atomic E-state index is -2.93. The van der Waals surface area contributed by atoms with Crippen LogP contribution in [0, 0.1) is 0 Å². The van der Waals surface area contributed by atoms with Crippen molar-refractivity contribution in [3.8, 4) is 22.8 Å². The Morgan fingerprint density at radius 2 is 1.96 bits per heavy atom. The maximum atomic E-state index is 12.6. The molecule has 1 aromatic heterocycles. The second-order valence-electron chi connectivity index (χ2n) is 5.49. The molecular formula is C20H16F2N2O3S. The number of aromatic nitrogens is 1. The zero-order valence-corrected chi connectivity index (χ0v) is 15.4. The van der Waals surface area contributed by atoms with Gasteiger partial charge in [0.05, 0.1) is 5.69 Å². The zero-order chi connectivity index (χ0) is 19.9. The van der Waals surface area contributed by atoms with Crippen LogP contribution in [0.15, 0.2) is 66.6 Å². The average molecular weight is 402 g/mol. The van der Waals surface area contributed by atoms with Gasteiger partial charge in [-0.1, -0.05) is 24.8 Å². The van der Waals surface area contributed by atoms with Crippen LogP contribution in [-0.4, -0.2) is 24.1 Å².